The lowest BCUT2D eigenvalue weighted by Crippen LogP contribution is -2.04. The Morgan fingerprint density at radius 2 is 2.11 bits per heavy atom. The van der Waals surface area contributed by atoms with Crippen molar-refractivity contribution in [2.45, 2.75) is 39.7 Å². The molecule has 0 radical (unpaired) electrons. The largest absolute Gasteiger partial charge is 0.327 e. The molecule has 3 nitrogen and oxygen atoms in total. The van der Waals surface area contributed by atoms with Gasteiger partial charge in [0, 0.05) is 6.54 Å². The van der Waals surface area contributed by atoms with Crippen LogP contribution in [0.2, 0.25) is 0 Å². The van der Waals surface area contributed by atoms with Crippen LogP contribution in [0.1, 0.15) is 32.5 Å². The van der Waals surface area contributed by atoms with Gasteiger partial charge in [-0.25, -0.2) is 4.98 Å². The Balaban J connectivity index is 2.27. The molecular formula is C15H19N3. The van der Waals surface area contributed by atoms with Gasteiger partial charge in [0.1, 0.15) is 5.82 Å². The first-order valence-corrected chi connectivity index (χ1v) is 6.53. The number of aryl methyl sites for hydroxylation is 1. The van der Waals surface area contributed by atoms with Crippen molar-refractivity contribution in [1.82, 2.24) is 9.55 Å². The Labute approximate surface area is 108 Å². The van der Waals surface area contributed by atoms with Crippen molar-refractivity contribution in [2.24, 2.45) is 5.92 Å². The lowest BCUT2D eigenvalue weighted by Gasteiger charge is -2.09. The van der Waals surface area contributed by atoms with E-state index < -0.39 is 0 Å². The first-order chi connectivity index (χ1) is 8.72. The molecule has 3 heteroatoms. The quantitative estimate of drug-likeness (QED) is 0.803. The second-order valence-electron chi connectivity index (χ2n) is 5.04. The van der Waals surface area contributed by atoms with Crippen molar-refractivity contribution in [3.05, 3.63) is 30.1 Å². The predicted molar refractivity (Wildman–Crippen MR) is 73.1 cm³/mol. The summed E-state index contributed by atoms with van der Waals surface area (Å²) >= 11 is 0. The number of hydrogen-bond donors (Lipinski definition) is 0. The monoisotopic (exact) mass is 241 g/mol. The number of aromatic nitrogens is 2. The van der Waals surface area contributed by atoms with Gasteiger partial charge in [-0.15, -0.1) is 0 Å². The lowest BCUT2D eigenvalue weighted by molar-refractivity contribution is 0.511. The molecule has 0 bridgehead atoms. The number of fused-ring (bicyclic) bond motifs is 1. The Bertz CT molecular complexity index is 561. The van der Waals surface area contributed by atoms with Gasteiger partial charge >= 0.3 is 0 Å². The third-order valence-corrected chi connectivity index (χ3v) is 3.13. The highest BCUT2D eigenvalue weighted by Gasteiger charge is 2.09. The van der Waals surface area contributed by atoms with Gasteiger partial charge in [0.05, 0.1) is 23.5 Å². The van der Waals surface area contributed by atoms with Crippen molar-refractivity contribution in [3.8, 4) is 6.07 Å². The van der Waals surface area contributed by atoms with Crippen LogP contribution in [-0.4, -0.2) is 9.55 Å². The zero-order valence-corrected chi connectivity index (χ0v) is 11.1. The molecule has 0 aliphatic heterocycles. The Morgan fingerprint density at radius 3 is 2.83 bits per heavy atom. The molecule has 0 fully saturated rings. The van der Waals surface area contributed by atoms with Gasteiger partial charge in [-0.3, -0.25) is 0 Å². The minimum Gasteiger partial charge on any atom is -0.327 e. The van der Waals surface area contributed by atoms with Crippen molar-refractivity contribution in [1.29, 1.82) is 5.26 Å². The molecule has 0 saturated carbocycles. The van der Waals surface area contributed by atoms with Crippen molar-refractivity contribution >= 4 is 11.0 Å². The highest BCUT2D eigenvalue weighted by molar-refractivity contribution is 5.75. The number of benzene rings is 1. The number of nitrogens with zero attached hydrogens (tertiary/aromatic N) is 3. The zero-order chi connectivity index (χ0) is 13.0. The van der Waals surface area contributed by atoms with Crippen LogP contribution in [0.25, 0.3) is 11.0 Å². The third-order valence-electron chi connectivity index (χ3n) is 3.13. The Morgan fingerprint density at radius 1 is 1.33 bits per heavy atom. The summed E-state index contributed by atoms with van der Waals surface area (Å²) in [6.45, 7) is 5.43. The van der Waals surface area contributed by atoms with E-state index in [1.165, 1.54) is 6.42 Å². The van der Waals surface area contributed by atoms with Crippen LogP contribution in [0.5, 0.6) is 0 Å². The number of imidazole rings is 1. The lowest BCUT2D eigenvalue weighted by atomic mass is 10.1. The normalized spacial score (nSPS) is 11.0. The molecule has 0 aliphatic rings. The molecule has 1 heterocycles. The van der Waals surface area contributed by atoms with E-state index in [2.05, 4.69) is 35.5 Å². The minimum atomic E-state index is 0.385. The van der Waals surface area contributed by atoms with E-state index in [9.17, 15) is 0 Å². The molecule has 0 saturated heterocycles. The fraction of sp³-hybridized carbons (Fsp3) is 0.467. The summed E-state index contributed by atoms with van der Waals surface area (Å²) in [7, 11) is 0. The molecule has 1 aromatic carbocycles. The van der Waals surface area contributed by atoms with Crippen LogP contribution in [0.15, 0.2) is 24.3 Å². The summed E-state index contributed by atoms with van der Waals surface area (Å²) < 4.78 is 2.20. The molecule has 0 aliphatic carbocycles. The fourth-order valence-electron chi connectivity index (χ4n) is 2.24. The smallest absolute Gasteiger partial charge is 0.124 e. The fourth-order valence-corrected chi connectivity index (χ4v) is 2.24. The van der Waals surface area contributed by atoms with Crippen LogP contribution in [0.3, 0.4) is 0 Å². The summed E-state index contributed by atoms with van der Waals surface area (Å²) in [4.78, 5) is 4.54. The van der Waals surface area contributed by atoms with Gasteiger partial charge in [-0.1, -0.05) is 26.0 Å². The van der Waals surface area contributed by atoms with E-state index in [0.29, 0.717) is 6.42 Å². The van der Waals surface area contributed by atoms with Crippen LogP contribution >= 0.6 is 0 Å². The molecular weight excluding hydrogens is 222 g/mol. The number of rotatable bonds is 5. The molecule has 0 spiro atoms. The molecule has 94 valence electrons. The zero-order valence-electron chi connectivity index (χ0n) is 11.1. The van der Waals surface area contributed by atoms with E-state index in [0.717, 1.165) is 35.7 Å². The third kappa shape index (κ3) is 2.70. The average molecular weight is 241 g/mol. The number of para-hydroxylation sites is 2. The van der Waals surface area contributed by atoms with Gasteiger partial charge in [0.15, 0.2) is 0 Å². The Kier molecular flexibility index (Phi) is 3.99. The first kappa shape index (κ1) is 12.6. The summed E-state index contributed by atoms with van der Waals surface area (Å²) in [5, 5.41) is 8.88. The van der Waals surface area contributed by atoms with Gasteiger partial charge in [0.25, 0.3) is 0 Å². The van der Waals surface area contributed by atoms with Crippen molar-refractivity contribution in [3.63, 3.8) is 0 Å². The first-order valence-electron chi connectivity index (χ1n) is 6.53. The minimum absolute atomic E-state index is 0.385. The summed E-state index contributed by atoms with van der Waals surface area (Å²) in [5.41, 5.74) is 2.14. The van der Waals surface area contributed by atoms with Gasteiger partial charge in [-0.05, 0) is 30.9 Å². The second kappa shape index (κ2) is 5.68. The molecule has 1 aromatic heterocycles. The molecule has 0 N–H and O–H groups in total. The van der Waals surface area contributed by atoms with Gasteiger partial charge in [-0.2, -0.15) is 5.26 Å². The SMILES string of the molecule is CC(C)CCCn1c(CC#N)nc2ccccc21. The summed E-state index contributed by atoms with van der Waals surface area (Å²) in [6, 6.07) is 10.3. The standard InChI is InChI=1S/C15H19N3/c1-12(2)6-5-11-18-14-8-4-3-7-13(14)17-15(18)9-10-16/h3-4,7-8,12H,5-6,9,11H2,1-2H3. The predicted octanol–water partition coefficient (Wildman–Crippen LogP) is 3.54. The van der Waals surface area contributed by atoms with Gasteiger partial charge < -0.3 is 4.57 Å². The van der Waals surface area contributed by atoms with Crippen LogP contribution in [0.4, 0.5) is 0 Å². The molecule has 2 aromatic rings. The van der Waals surface area contributed by atoms with E-state index in [1.807, 2.05) is 18.2 Å². The average Bonchev–Trinajstić information content (AvgIpc) is 2.68. The molecule has 2 rings (SSSR count). The van der Waals surface area contributed by atoms with E-state index in [4.69, 9.17) is 5.26 Å². The highest BCUT2D eigenvalue weighted by Crippen LogP contribution is 2.18. The summed E-state index contributed by atoms with van der Waals surface area (Å²) in [5.74, 6) is 1.61. The van der Waals surface area contributed by atoms with Crippen LogP contribution in [-0.2, 0) is 13.0 Å². The molecule has 0 amide bonds. The van der Waals surface area contributed by atoms with Crippen LogP contribution < -0.4 is 0 Å². The number of nitriles is 1. The summed E-state index contributed by atoms with van der Waals surface area (Å²) in [6.07, 6.45) is 2.73. The van der Waals surface area contributed by atoms with E-state index in [-0.39, 0.29) is 0 Å². The van der Waals surface area contributed by atoms with Crippen LogP contribution in [0, 0.1) is 17.2 Å². The Hall–Kier alpha value is -1.82. The molecule has 18 heavy (non-hydrogen) atoms. The van der Waals surface area contributed by atoms with Gasteiger partial charge in [0.2, 0.25) is 0 Å². The number of hydrogen-bond acceptors (Lipinski definition) is 2. The van der Waals surface area contributed by atoms with E-state index >= 15 is 0 Å². The maximum absolute atomic E-state index is 8.88. The highest BCUT2D eigenvalue weighted by atomic mass is 15.1. The maximum atomic E-state index is 8.88. The van der Waals surface area contributed by atoms with E-state index in [1.54, 1.807) is 0 Å². The van der Waals surface area contributed by atoms with Crippen molar-refractivity contribution in [2.75, 3.05) is 0 Å². The second-order valence-corrected chi connectivity index (χ2v) is 5.04. The molecule has 0 unspecified atom stereocenters. The van der Waals surface area contributed by atoms with Crippen molar-refractivity contribution < 1.29 is 0 Å². The maximum Gasteiger partial charge on any atom is 0.124 e. The molecule has 0 atom stereocenters. The topological polar surface area (TPSA) is 41.6 Å².